The Kier molecular flexibility index (Phi) is 1.33. The van der Waals surface area contributed by atoms with Crippen molar-refractivity contribution in [2.24, 2.45) is 0 Å². The van der Waals surface area contributed by atoms with Crippen molar-refractivity contribution in [1.82, 2.24) is 10.6 Å². The van der Waals surface area contributed by atoms with E-state index in [1.807, 2.05) is 0 Å². The highest BCUT2D eigenvalue weighted by Gasteiger charge is 2.51. The number of hydrogen-bond donors (Lipinski definition) is 2. The monoisotopic (exact) mass is 170 g/mol. The van der Waals surface area contributed by atoms with Crippen LogP contribution in [0.2, 0.25) is 0 Å². The van der Waals surface area contributed by atoms with E-state index in [0.29, 0.717) is 0 Å². The highest BCUT2D eigenvalue weighted by molar-refractivity contribution is 5.06. The molecule has 0 atom stereocenters. The molecule has 3 aliphatic rings. The molecule has 3 saturated heterocycles. The number of nitrogens with one attached hydrogen (secondary N) is 2. The fraction of sp³-hybridized carbons (Fsp3) is 1.00. The van der Waals surface area contributed by atoms with Gasteiger partial charge in [0.1, 0.15) is 5.72 Å². The van der Waals surface area contributed by atoms with Crippen LogP contribution in [0.3, 0.4) is 0 Å². The van der Waals surface area contributed by atoms with Gasteiger partial charge >= 0.3 is 0 Å². The lowest BCUT2D eigenvalue weighted by Gasteiger charge is -2.56. The second-order valence-electron chi connectivity index (χ2n) is 4.09. The normalized spacial score (nSPS) is 36.0. The second-order valence-corrected chi connectivity index (χ2v) is 4.09. The van der Waals surface area contributed by atoms with E-state index in [-0.39, 0.29) is 11.3 Å². The molecule has 0 bridgehead atoms. The molecule has 0 saturated carbocycles. The van der Waals surface area contributed by atoms with E-state index in [1.54, 1.807) is 0 Å². The second kappa shape index (κ2) is 2.20. The van der Waals surface area contributed by atoms with Crippen molar-refractivity contribution in [2.75, 3.05) is 32.9 Å². The zero-order valence-electron chi connectivity index (χ0n) is 7.06. The maximum absolute atomic E-state index is 5.70. The third kappa shape index (κ3) is 0.864. The predicted octanol–water partition coefficient (Wildman–Crippen LogP) is -0.935. The van der Waals surface area contributed by atoms with Crippen molar-refractivity contribution >= 4 is 0 Å². The standard InChI is InChI=1S/C8H14N2O2/c1-2-12-8(3-9-4-8)10-7(1)5-11-6-7/h9-10H,1-6H2. The summed E-state index contributed by atoms with van der Waals surface area (Å²) < 4.78 is 10.9. The summed E-state index contributed by atoms with van der Waals surface area (Å²) in [6, 6.07) is 0. The van der Waals surface area contributed by atoms with Crippen molar-refractivity contribution < 1.29 is 9.47 Å². The van der Waals surface area contributed by atoms with Gasteiger partial charge in [0.05, 0.1) is 25.4 Å². The van der Waals surface area contributed by atoms with E-state index in [1.165, 1.54) is 0 Å². The molecule has 0 aromatic rings. The van der Waals surface area contributed by atoms with E-state index in [2.05, 4.69) is 10.6 Å². The first kappa shape index (κ1) is 7.26. The first-order valence-electron chi connectivity index (χ1n) is 4.55. The van der Waals surface area contributed by atoms with Crippen LogP contribution in [0.25, 0.3) is 0 Å². The molecule has 0 radical (unpaired) electrons. The smallest absolute Gasteiger partial charge is 0.144 e. The number of hydrogen-bond acceptors (Lipinski definition) is 4. The highest BCUT2D eigenvalue weighted by Crippen LogP contribution is 2.31. The molecule has 4 heteroatoms. The van der Waals surface area contributed by atoms with Crippen LogP contribution < -0.4 is 10.6 Å². The Hall–Kier alpha value is -0.160. The molecule has 0 unspecified atom stereocenters. The summed E-state index contributed by atoms with van der Waals surface area (Å²) in [6.45, 7) is 4.47. The Bertz CT molecular complexity index is 179. The lowest BCUT2D eigenvalue weighted by molar-refractivity contribution is -0.211. The van der Waals surface area contributed by atoms with Gasteiger partial charge in [-0.05, 0) is 6.42 Å². The zero-order chi connectivity index (χ0) is 8.07. The topological polar surface area (TPSA) is 42.5 Å². The Balaban J connectivity index is 1.74. The van der Waals surface area contributed by atoms with Gasteiger partial charge in [-0.15, -0.1) is 0 Å². The lowest BCUT2D eigenvalue weighted by Crippen LogP contribution is -2.80. The summed E-state index contributed by atoms with van der Waals surface area (Å²) in [5.74, 6) is 0. The molecule has 0 aliphatic carbocycles. The van der Waals surface area contributed by atoms with Gasteiger partial charge in [0, 0.05) is 13.1 Å². The Labute approximate surface area is 71.6 Å². The molecule has 3 rings (SSSR count). The van der Waals surface area contributed by atoms with Crippen LogP contribution in [0.1, 0.15) is 6.42 Å². The van der Waals surface area contributed by atoms with E-state index in [0.717, 1.165) is 39.3 Å². The molecular formula is C8H14N2O2. The van der Waals surface area contributed by atoms with Crippen molar-refractivity contribution in [3.05, 3.63) is 0 Å². The van der Waals surface area contributed by atoms with Crippen LogP contribution in [-0.4, -0.2) is 44.2 Å². The van der Waals surface area contributed by atoms with Gasteiger partial charge in [0.15, 0.2) is 0 Å². The Morgan fingerprint density at radius 3 is 2.50 bits per heavy atom. The van der Waals surface area contributed by atoms with E-state index < -0.39 is 0 Å². The van der Waals surface area contributed by atoms with Crippen molar-refractivity contribution in [2.45, 2.75) is 17.7 Å². The van der Waals surface area contributed by atoms with E-state index in [9.17, 15) is 0 Å². The molecule has 2 N–H and O–H groups in total. The van der Waals surface area contributed by atoms with Crippen LogP contribution in [0, 0.1) is 0 Å². The van der Waals surface area contributed by atoms with Crippen LogP contribution in [-0.2, 0) is 9.47 Å². The average molecular weight is 170 g/mol. The Morgan fingerprint density at radius 1 is 1.17 bits per heavy atom. The predicted molar refractivity (Wildman–Crippen MR) is 42.9 cm³/mol. The van der Waals surface area contributed by atoms with E-state index >= 15 is 0 Å². The Morgan fingerprint density at radius 2 is 2.00 bits per heavy atom. The summed E-state index contributed by atoms with van der Waals surface area (Å²) in [6.07, 6.45) is 1.09. The summed E-state index contributed by atoms with van der Waals surface area (Å²) in [5.41, 5.74) is 0.197. The molecular weight excluding hydrogens is 156 g/mol. The minimum absolute atomic E-state index is 0.0535. The maximum atomic E-state index is 5.70. The molecule has 68 valence electrons. The summed E-state index contributed by atoms with van der Waals surface area (Å²) >= 11 is 0. The number of ether oxygens (including phenoxy) is 2. The molecule has 0 amide bonds. The molecule has 3 fully saturated rings. The van der Waals surface area contributed by atoms with E-state index in [4.69, 9.17) is 9.47 Å². The van der Waals surface area contributed by atoms with Gasteiger partial charge in [-0.1, -0.05) is 0 Å². The average Bonchev–Trinajstić information content (AvgIpc) is 1.99. The molecule has 3 heterocycles. The molecule has 4 nitrogen and oxygen atoms in total. The molecule has 12 heavy (non-hydrogen) atoms. The van der Waals surface area contributed by atoms with Crippen LogP contribution >= 0.6 is 0 Å². The first-order valence-corrected chi connectivity index (χ1v) is 4.55. The van der Waals surface area contributed by atoms with Gasteiger partial charge < -0.3 is 14.8 Å². The SMILES string of the molecule is C1CC2(COC2)NC2(CNC2)O1. The quantitative estimate of drug-likeness (QED) is 0.492. The largest absolute Gasteiger partial charge is 0.377 e. The summed E-state index contributed by atoms with van der Waals surface area (Å²) in [4.78, 5) is 0. The van der Waals surface area contributed by atoms with Crippen LogP contribution in [0.4, 0.5) is 0 Å². The van der Waals surface area contributed by atoms with Crippen molar-refractivity contribution in [3.8, 4) is 0 Å². The van der Waals surface area contributed by atoms with Gasteiger partial charge in [-0.3, -0.25) is 5.32 Å². The fourth-order valence-electron chi connectivity index (χ4n) is 2.13. The molecule has 3 aliphatic heterocycles. The third-order valence-corrected chi connectivity index (χ3v) is 3.03. The van der Waals surface area contributed by atoms with Crippen molar-refractivity contribution in [1.29, 1.82) is 0 Å². The molecule has 0 aromatic carbocycles. The maximum Gasteiger partial charge on any atom is 0.144 e. The van der Waals surface area contributed by atoms with Gasteiger partial charge in [-0.2, -0.15) is 0 Å². The minimum atomic E-state index is -0.0535. The highest BCUT2D eigenvalue weighted by atomic mass is 16.5. The molecule has 0 aromatic heterocycles. The van der Waals surface area contributed by atoms with Gasteiger partial charge in [-0.25, -0.2) is 0 Å². The van der Waals surface area contributed by atoms with Crippen molar-refractivity contribution in [3.63, 3.8) is 0 Å². The van der Waals surface area contributed by atoms with Gasteiger partial charge in [0.25, 0.3) is 0 Å². The summed E-state index contributed by atoms with van der Waals surface area (Å²) in [5, 5.41) is 6.80. The number of rotatable bonds is 0. The molecule has 2 spiro atoms. The summed E-state index contributed by atoms with van der Waals surface area (Å²) in [7, 11) is 0. The third-order valence-electron chi connectivity index (χ3n) is 3.03. The fourth-order valence-corrected chi connectivity index (χ4v) is 2.13. The van der Waals surface area contributed by atoms with Gasteiger partial charge in [0.2, 0.25) is 0 Å². The van der Waals surface area contributed by atoms with Crippen LogP contribution in [0.15, 0.2) is 0 Å². The minimum Gasteiger partial charge on any atom is -0.377 e. The van der Waals surface area contributed by atoms with Crippen LogP contribution in [0.5, 0.6) is 0 Å². The first-order chi connectivity index (χ1) is 5.83. The zero-order valence-corrected chi connectivity index (χ0v) is 7.06. The lowest BCUT2D eigenvalue weighted by atomic mass is 9.88.